The van der Waals surface area contributed by atoms with Gasteiger partial charge in [0.1, 0.15) is 0 Å². The van der Waals surface area contributed by atoms with Gasteiger partial charge in [0.15, 0.2) is 0 Å². The van der Waals surface area contributed by atoms with Crippen LogP contribution in [0.15, 0.2) is 121 Å². The Labute approximate surface area is 223 Å². The molecule has 6 aromatic rings. The first-order valence-corrected chi connectivity index (χ1v) is 13.0. The van der Waals surface area contributed by atoms with Gasteiger partial charge in [0.05, 0.1) is 23.0 Å². The Hall–Kier alpha value is -4.87. The van der Waals surface area contributed by atoms with Crippen molar-refractivity contribution in [1.82, 2.24) is 0 Å². The number of fused-ring (bicyclic) bond motifs is 5. The molecular formula is C36H26N2. The molecule has 0 spiro atoms. The number of para-hydroxylation sites is 2. The molecule has 6 aromatic carbocycles. The highest BCUT2D eigenvalue weighted by Crippen LogP contribution is 2.52. The van der Waals surface area contributed by atoms with Crippen molar-refractivity contribution in [3.8, 4) is 17.2 Å². The summed E-state index contributed by atoms with van der Waals surface area (Å²) in [5.41, 5.74) is 9.14. The van der Waals surface area contributed by atoms with E-state index in [4.69, 9.17) is 0 Å². The number of hydrogen-bond acceptors (Lipinski definition) is 2. The van der Waals surface area contributed by atoms with E-state index in [-0.39, 0.29) is 5.41 Å². The van der Waals surface area contributed by atoms with Crippen molar-refractivity contribution in [2.45, 2.75) is 19.3 Å². The predicted molar refractivity (Wildman–Crippen MR) is 158 cm³/mol. The van der Waals surface area contributed by atoms with Crippen LogP contribution in [0.4, 0.5) is 17.1 Å². The molecule has 1 heterocycles. The molecule has 2 nitrogen and oxygen atoms in total. The van der Waals surface area contributed by atoms with E-state index in [0.717, 1.165) is 11.3 Å². The van der Waals surface area contributed by atoms with E-state index in [1.807, 2.05) is 12.1 Å². The van der Waals surface area contributed by atoms with Gasteiger partial charge in [-0.2, -0.15) is 5.26 Å². The zero-order valence-electron chi connectivity index (χ0n) is 21.4. The highest BCUT2D eigenvalue weighted by Gasteiger charge is 2.36. The summed E-state index contributed by atoms with van der Waals surface area (Å²) < 4.78 is 0. The zero-order valence-corrected chi connectivity index (χ0v) is 21.4. The lowest BCUT2D eigenvalue weighted by atomic mass is 9.73. The van der Waals surface area contributed by atoms with Gasteiger partial charge >= 0.3 is 0 Å². The Kier molecular flexibility index (Phi) is 4.90. The smallest absolute Gasteiger partial charge is 0.0991 e. The van der Waals surface area contributed by atoms with Gasteiger partial charge in [0, 0.05) is 11.1 Å². The fraction of sp³-hybridized carbons (Fsp3) is 0.0833. The Morgan fingerprint density at radius 3 is 1.87 bits per heavy atom. The monoisotopic (exact) mass is 486 g/mol. The van der Waals surface area contributed by atoms with E-state index in [1.165, 1.54) is 49.6 Å². The summed E-state index contributed by atoms with van der Waals surface area (Å²) in [5, 5.41) is 14.2. The van der Waals surface area contributed by atoms with E-state index in [2.05, 4.69) is 134 Å². The maximum atomic E-state index is 9.28. The SMILES string of the molecule is CC1(C)c2ccccc2N(c2ccc3c(c2)cc(-c2ccc(C#N)cc2)c2ccccc23)c2ccccc21. The number of anilines is 3. The Bertz CT molecular complexity index is 1860. The third-order valence-electron chi connectivity index (χ3n) is 8.06. The minimum atomic E-state index is -0.0838. The molecule has 0 atom stereocenters. The topological polar surface area (TPSA) is 27.0 Å². The average Bonchev–Trinajstić information content (AvgIpc) is 2.97. The van der Waals surface area contributed by atoms with Crippen LogP contribution in [-0.4, -0.2) is 0 Å². The fourth-order valence-corrected chi connectivity index (χ4v) is 6.15. The van der Waals surface area contributed by atoms with Crippen molar-refractivity contribution in [3.63, 3.8) is 0 Å². The van der Waals surface area contributed by atoms with Gasteiger partial charge in [-0.25, -0.2) is 0 Å². The van der Waals surface area contributed by atoms with Crippen LogP contribution < -0.4 is 4.90 Å². The second-order valence-corrected chi connectivity index (χ2v) is 10.6. The Morgan fingerprint density at radius 2 is 1.21 bits per heavy atom. The first-order chi connectivity index (χ1) is 18.6. The van der Waals surface area contributed by atoms with Gasteiger partial charge in [0.2, 0.25) is 0 Å². The highest BCUT2D eigenvalue weighted by atomic mass is 15.2. The van der Waals surface area contributed by atoms with Crippen LogP contribution in [-0.2, 0) is 5.41 Å². The standard InChI is InChI=1S/C36H26N2/c1-36(2)32-11-5-7-13-34(32)38(35-14-8-6-12-33(35)36)27-19-20-28-26(21-27)22-31(30-10-4-3-9-29(28)30)25-17-15-24(23-37)16-18-25/h3-22H,1-2H3. The summed E-state index contributed by atoms with van der Waals surface area (Å²) in [5.74, 6) is 0. The minimum Gasteiger partial charge on any atom is -0.310 e. The molecule has 0 bridgehead atoms. The molecule has 7 rings (SSSR count). The molecular weight excluding hydrogens is 460 g/mol. The van der Waals surface area contributed by atoms with Crippen LogP contribution in [0.3, 0.4) is 0 Å². The molecule has 0 aromatic heterocycles. The van der Waals surface area contributed by atoms with Crippen molar-refractivity contribution in [3.05, 3.63) is 138 Å². The maximum absolute atomic E-state index is 9.28. The van der Waals surface area contributed by atoms with Crippen molar-refractivity contribution in [1.29, 1.82) is 5.26 Å². The van der Waals surface area contributed by atoms with E-state index >= 15 is 0 Å². The number of hydrogen-bond donors (Lipinski definition) is 0. The minimum absolute atomic E-state index is 0.0838. The highest BCUT2D eigenvalue weighted by molar-refractivity contribution is 6.14. The summed E-state index contributed by atoms with van der Waals surface area (Å²) in [6.45, 7) is 4.64. The van der Waals surface area contributed by atoms with Gasteiger partial charge in [-0.15, -0.1) is 0 Å². The van der Waals surface area contributed by atoms with Crippen LogP contribution in [0.2, 0.25) is 0 Å². The zero-order chi connectivity index (χ0) is 25.9. The molecule has 0 saturated heterocycles. The summed E-state index contributed by atoms with van der Waals surface area (Å²) in [4.78, 5) is 2.41. The van der Waals surface area contributed by atoms with E-state index in [0.29, 0.717) is 5.56 Å². The van der Waals surface area contributed by atoms with E-state index in [9.17, 15) is 5.26 Å². The molecule has 0 fully saturated rings. The predicted octanol–water partition coefficient (Wildman–Crippen LogP) is 9.64. The van der Waals surface area contributed by atoms with E-state index < -0.39 is 0 Å². The number of benzene rings is 6. The second-order valence-electron chi connectivity index (χ2n) is 10.6. The molecule has 1 aliphatic heterocycles. The van der Waals surface area contributed by atoms with Crippen molar-refractivity contribution in [2.24, 2.45) is 0 Å². The van der Waals surface area contributed by atoms with Crippen LogP contribution >= 0.6 is 0 Å². The molecule has 0 saturated carbocycles. The molecule has 2 heteroatoms. The van der Waals surface area contributed by atoms with Crippen LogP contribution in [0.5, 0.6) is 0 Å². The first-order valence-electron chi connectivity index (χ1n) is 13.0. The molecule has 0 radical (unpaired) electrons. The van der Waals surface area contributed by atoms with Gasteiger partial charge in [-0.05, 0) is 86.3 Å². The molecule has 0 N–H and O–H groups in total. The number of nitrogens with zero attached hydrogens (tertiary/aromatic N) is 2. The Morgan fingerprint density at radius 1 is 0.605 bits per heavy atom. The van der Waals surface area contributed by atoms with Crippen molar-refractivity contribution < 1.29 is 0 Å². The third-order valence-corrected chi connectivity index (χ3v) is 8.06. The lowest BCUT2D eigenvalue weighted by Crippen LogP contribution is -2.30. The molecule has 0 aliphatic carbocycles. The molecule has 1 aliphatic rings. The lowest BCUT2D eigenvalue weighted by molar-refractivity contribution is 0.632. The second kappa shape index (κ2) is 8.33. The summed E-state index contributed by atoms with van der Waals surface area (Å²) in [6.07, 6.45) is 0. The molecule has 0 amide bonds. The summed E-state index contributed by atoms with van der Waals surface area (Å²) in [7, 11) is 0. The van der Waals surface area contributed by atoms with Crippen LogP contribution in [0.25, 0.3) is 32.7 Å². The normalized spacial score (nSPS) is 13.7. The van der Waals surface area contributed by atoms with Gasteiger partial charge < -0.3 is 4.90 Å². The molecule has 0 unspecified atom stereocenters. The van der Waals surface area contributed by atoms with Crippen LogP contribution in [0, 0.1) is 11.3 Å². The van der Waals surface area contributed by atoms with Gasteiger partial charge in [0.25, 0.3) is 0 Å². The van der Waals surface area contributed by atoms with E-state index in [1.54, 1.807) is 0 Å². The number of rotatable bonds is 2. The molecule has 180 valence electrons. The fourth-order valence-electron chi connectivity index (χ4n) is 6.15. The lowest BCUT2D eigenvalue weighted by Gasteiger charge is -2.42. The quantitative estimate of drug-likeness (QED) is 0.228. The third kappa shape index (κ3) is 3.26. The van der Waals surface area contributed by atoms with Gasteiger partial charge in [-0.1, -0.05) is 92.7 Å². The summed E-state index contributed by atoms with van der Waals surface area (Å²) >= 11 is 0. The van der Waals surface area contributed by atoms with Crippen molar-refractivity contribution >= 4 is 38.6 Å². The molecule has 38 heavy (non-hydrogen) atoms. The van der Waals surface area contributed by atoms with Crippen molar-refractivity contribution in [2.75, 3.05) is 4.90 Å². The largest absolute Gasteiger partial charge is 0.310 e. The Balaban J connectivity index is 1.48. The number of nitriles is 1. The average molecular weight is 487 g/mol. The summed E-state index contributed by atoms with van der Waals surface area (Å²) in [6, 6.07) is 45.4. The van der Waals surface area contributed by atoms with Gasteiger partial charge in [-0.3, -0.25) is 0 Å². The van der Waals surface area contributed by atoms with Crippen LogP contribution in [0.1, 0.15) is 30.5 Å². The first kappa shape index (κ1) is 22.3. The maximum Gasteiger partial charge on any atom is 0.0991 e.